The number of ether oxygens (including phenoxy) is 1. The molecule has 1 aromatic carbocycles. The van der Waals surface area contributed by atoms with E-state index in [1.807, 2.05) is 11.0 Å². The SMILES string of the molecule is CC1CN(c2ncccc2C(=O)NS(=O)(=O)c2cccc(Oc3ccc(C#N)cc3)n2)C(C)(C)C1. The Morgan fingerprint density at radius 1 is 1.17 bits per heavy atom. The summed E-state index contributed by atoms with van der Waals surface area (Å²) in [6.07, 6.45) is 2.52. The van der Waals surface area contributed by atoms with Crippen LogP contribution in [0.2, 0.25) is 0 Å². The van der Waals surface area contributed by atoms with Gasteiger partial charge in [0, 0.05) is 24.3 Å². The Hall–Kier alpha value is -3.97. The Morgan fingerprint density at radius 3 is 2.57 bits per heavy atom. The highest BCUT2D eigenvalue weighted by molar-refractivity contribution is 7.90. The Morgan fingerprint density at radius 2 is 1.91 bits per heavy atom. The van der Waals surface area contributed by atoms with Gasteiger partial charge in [-0.2, -0.15) is 18.7 Å². The van der Waals surface area contributed by atoms with Crippen molar-refractivity contribution in [3.8, 4) is 17.7 Å². The lowest BCUT2D eigenvalue weighted by Gasteiger charge is -2.33. The monoisotopic (exact) mass is 491 g/mol. The van der Waals surface area contributed by atoms with Crippen LogP contribution in [0.1, 0.15) is 43.1 Å². The molecule has 0 bridgehead atoms. The van der Waals surface area contributed by atoms with Crippen molar-refractivity contribution in [3.63, 3.8) is 0 Å². The van der Waals surface area contributed by atoms with E-state index >= 15 is 0 Å². The molecule has 4 rings (SSSR count). The van der Waals surface area contributed by atoms with Gasteiger partial charge >= 0.3 is 0 Å². The molecule has 10 heteroatoms. The zero-order valence-electron chi connectivity index (χ0n) is 19.6. The van der Waals surface area contributed by atoms with Crippen LogP contribution in [0.5, 0.6) is 11.6 Å². The fraction of sp³-hybridized carbons (Fsp3) is 0.280. The van der Waals surface area contributed by atoms with Gasteiger partial charge < -0.3 is 9.64 Å². The molecule has 0 saturated carbocycles. The van der Waals surface area contributed by atoms with Gasteiger partial charge in [-0.25, -0.2) is 9.71 Å². The second-order valence-corrected chi connectivity index (χ2v) is 10.7. The standard InChI is InChI=1S/C25H25N5O4S/c1-17-14-25(2,3)30(16-17)23-20(6-5-13-27-23)24(31)29-35(32,33)22-8-4-7-21(28-22)34-19-11-9-18(15-26)10-12-19/h4-13,17H,14,16H2,1-3H3,(H,29,31). The van der Waals surface area contributed by atoms with E-state index < -0.39 is 15.9 Å². The van der Waals surface area contributed by atoms with Crippen molar-refractivity contribution in [1.29, 1.82) is 5.26 Å². The largest absolute Gasteiger partial charge is 0.439 e. The van der Waals surface area contributed by atoms with Crippen molar-refractivity contribution in [2.24, 2.45) is 5.92 Å². The molecule has 3 aromatic rings. The number of nitriles is 1. The molecular weight excluding hydrogens is 466 g/mol. The number of carbonyl (C=O) groups is 1. The summed E-state index contributed by atoms with van der Waals surface area (Å²) in [7, 11) is -4.29. The maximum atomic E-state index is 13.1. The first-order chi connectivity index (χ1) is 16.6. The molecule has 1 aliphatic heterocycles. The van der Waals surface area contributed by atoms with E-state index in [0.717, 1.165) is 6.42 Å². The van der Waals surface area contributed by atoms with Gasteiger partial charge in [-0.1, -0.05) is 13.0 Å². The lowest BCUT2D eigenvalue weighted by atomic mass is 9.97. The first-order valence-electron chi connectivity index (χ1n) is 11.0. The van der Waals surface area contributed by atoms with Crippen LogP contribution in [0.25, 0.3) is 0 Å². The number of pyridine rings is 2. The number of carbonyl (C=O) groups excluding carboxylic acids is 1. The maximum Gasteiger partial charge on any atom is 0.281 e. The normalized spacial score (nSPS) is 17.0. The van der Waals surface area contributed by atoms with Gasteiger partial charge in [0.25, 0.3) is 15.9 Å². The molecule has 1 saturated heterocycles. The van der Waals surface area contributed by atoms with Gasteiger partial charge in [-0.15, -0.1) is 0 Å². The van der Waals surface area contributed by atoms with Crippen molar-refractivity contribution in [1.82, 2.24) is 14.7 Å². The maximum absolute atomic E-state index is 13.1. The third kappa shape index (κ3) is 5.25. The predicted molar refractivity (Wildman–Crippen MR) is 130 cm³/mol. The molecule has 9 nitrogen and oxygen atoms in total. The minimum atomic E-state index is -4.29. The zero-order chi connectivity index (χ0) is 25.2. The second-order valence-electron chi connectivity index (χ2n) is 9.09. The van der Waals surface area contributed by atoms with E-state index in [-0.39, 0.29) is 22.0 Å². The van der Waals surface area contributed by atoms with Gasteiger partial charge in [0.1, 0.15) is 11.6 Å². The Balaban J connectivity index is 1.56. The van der Waals surface area contributed by atoms with Crippen LogP contribution in [0.4, 0.5) is 5.82 Å². The van der Waals surface area contributed by atoms with Crippen molar-refractivity contribution in [2.75, 3.05) is 11.4 Å². The van der Waals surface area contributed by atoms with E-state index in [0.29, 0.717) is 29.6 Å². The Bertz CT molecular complexity index is 1400. The van der Waals surface area contributed by atoms with Gasteiger partial charge in [0.15, 0.2) is 5.03 Å². The average molecular weight is 492 g/mol. The van der Waals surface area contributed by atoms with Crippen LogP contribution < -0.4 is 14.4 Å². The first kappa shape index (κ1) is 24.2. The van der Waals surface area contributed by atoms with Crippen LogP contribution in [0.3, 0.4) is 0 Å². The van der Waals surface area contributed by atoms with Crippen molar-refractivity contribution < 1.29 is 17.9 Å². The first-order valence-corrected chi connectivity index (χ1v) is 12.5. The fourth-order valence-electron chi connectivity index (χ4n) is 4.30. The lowest BCUT2D eigenvalue weighted by Crippen LogP contribution is -2.41. The number of benzene rings is 1. The lowest BCUT2D eigenvalue weighted by molar-refractivity contribution is 0.0981. The van der Waals surface area contributed by atoms with Gasteiger partial charge in [-0.05, 0) is 68.7 Å². The summed E-state index contributed by atoms with van der Waals surface area (Å²) in [4.78, 5) is 23.6. The number of hydrogen-bond acceptors (Lipinski definition) is 8. The molecule has 1 amide bonds. The molecule has 0 radical (unpaired) electrons. The third-order valence-corrected chi connectivity index (χ3v) is 7.00. The van der Waals surface area contributed by atoms with Crippen LogP contribution in [0, 0.1) is 17.2 Å². The smallest absolute Gasteiger partial charge is 0.281 e. The average Bonchev–Trinajstić information content (AvgIpc) is 3.11. The third-order valence-electron chi connectivity index (χ3n) is 5.77. The van der Waals surface area contributed by atoms with Gasteiger partial charge in [-0.3, -0.25) is 4.79 Å². The van der Waals surface area contributed by atoms with Crippen molar-refractivity contribution in [3.05, 3.63) is 71.9 Å². The summed E-state index contributed by atoms with van der Waals surface area (Å²) in [6.45, 7) is 7.00. The number of nitrogens with zero attached hydrogens (tertiary/aromatic N) is 4. The highest BCUT2D eigenvalue weighted by atomic mass is 32.2. The topological polar surface area (TPSA) is 125 Å². The molecule has 3 heterocycles. The molecule has 2 aromatic heterocycles. The molecule has 1 N–H and O–H groups in total. The quantitative estimate of drug-likeness (QED) is 0.551. The molecule has 35 heavy (non-hydrogen) atoms. The summed E-state index contributed by atoms with van der Waals surface area (Å²) in [5.74, 6) is 0.483. The molecule has 1 atom stereocenters. The number of sulfonamides is 1. The minimum absolute atomic E-state index is 0.0277. The number of anilines is 1. The van der Waals surface area contributed by atoms with Crippen molar-refractivity contribution in [2.45, 2.75) is 37.8 Å². The Kier molecular flexibility index (Phi) is 6.45. The predicted octanol–water partition coefficient (Wildman–Crippen LogP) is 3.88. The fourth-order valence-corrected chi connectivity index (χ4v) is 5.23. The molecule has 0 aliphatic carbocycles. The molecular formula is C25H25N5O4S. The van der Waals surface area contributed by atoms with E-state index in [1.165, 1.54) is 18.2 Å². The zero-order valence-corrected chi connectivity index (χ0v) is 20.4. The molecule has 1 fully saturated rings. The minimum Gasteiger partial charge on any atom is -0.439 e. The van der Waals surface area contributed by atoms with Crippen LogP contribution >= 0.6 is 0 Å². The van der Waals surface area contributed by atoms with Gasteiger partial charge in [0.2, 0.25) is 5.88 Å². The Labute approximate surface area is 204 Å². The van der Waals surface area contributed by atoms with E-state index in [2.05, 4.69) is 35.5 Å². The van der Waals surface area contributed by atoms with Gasteiger partial charge in [0.05, 0.1) is 17.2 Å². The van der Waals surface area contributed by atoms with E-state index in [4.69, 9.17) is 10.00 Å². The summed E-state index contributed by atoms with van der Waals surface area (Å²) >= 11 is 0. The number of rotatable bonds is 6. The highest BCUT2D eigenvalue weighted by Crippen LogP contribution is 2.37. The second kappa shape index (κ2) is 9.35. The number of aromatic nitrogens is 2. The molecule has 1 unspecified atom stereocenters. The summed E-state index contributed by atoms with van der Waals surface area (Å²) in [5.41, 5.74) is 0.412. The molecule has 0 spiro atoms. The van der Waals surface area contributed by atoms with E-state index in [1.54, 1.807) is 42.6 Å². The van der Waals surface area contributed by atoms with Crippen LogP contribution in [-0.2, 0) is 10.0 Å². The number of nitrogens with one attached hydrogen (secondary N) is 1. The summed E-state index contributed by atoms with van der Waals surface area (Å²) in [5, 5.41) is 8.54. The molecule has 1 aliphatic rings. The van der Waals surface area contributed by atoms with Crippen molar-refractivity contribution >= 4 is 21.7 Å². The summed E-state index contributed by atoms with van der Waals surface area (Å²) < 4.78 is 33.7. The highest BCUT2D eigenvalue weighted by Gasteiger charge is 2.39. The number of hydrogen-bond donors (Lipinski definition) is 1. The van der Waals surface area contributed by atoms with E-state index in [9.17, 15) is 13.2 Å². The molecule has 180 valence electrons. The number of amides is 1. The summed E-state index contributed by atoms with van der Waals surface area (Å²) in [6, 6.07) is 15.7. The van der Waals surface area contributed by atoms with Crippen LogP contribution in [0.15, 0.2) is 65.8 Å². The van der Waals surface area contributed by atoms with Crippen LogP contribution in [-0.4, -0.2) is 36.4 Å².